The molecule has 0 unspecified atom stereocenters. The van der Waals surface area contributed by atoms with Gasteiger partial charge in [0.05, 0.1) is 22.4 Å². The summed E-state index contributed by atoms with van der Waals surface area (Å²) in [5, 5.41) is 15.1. The molecule has 1 N–H and O–H groups in total. The molecule has 7 nitrogen and oxygen atoms in total. The van der Waals surface area contributed by atoms with Crippen molar-refractivity contribution in [2.45, 2.75) is 6.92 Å². The van der Waals surface area contributed by atoms with Crippen molar-refractivity contribution in [3.63, 3.8) is 0 Å². The molecule has 0 fully saturated rings. The monoisotopic (exact) mass is 333 g/mol. The predicted octanol–water partition coefficient (Wildman–Crippen LogP) is 3.81. The van der Waals surface area contributed by atoms with Crippen molar-refractivity contribution in [1.82, 2.24) is 9.97 Å². The third-order valence-corrected chi connectivity index (χ3v) is 3.42. The second-order valence-electron chi connectivity index (χ2n) is 5.24. The maximum Gasteiger partial charge on any atom is 0.278 e. The van der Waals surface area contributed by atoms with Crippen LogP contribution >= 0.6 is 0 Å². The van der Waals surface area contributed by atoms with Gasteiger partial charge in [0.1, 0.15) is 11.6 Å². The van der Waals surface area contributed by atoms with Crippen LogP contribution in [-0.4, -0.2) is 21.1 Å². The number of anilines is 1. The quantitative estimate of drug-likeness (QED) is 0.435. The zero-order valence-corrected chi connectivity index (χ0v) is 13.5. The van der Waals surface area contributed by atoms with Crippen molar-refractivity contribution >= 4 is 17.7 Å². The number of aryl methyl sites for hydroxylation is 1. The molecule has 0 bridgehead atoms. The summed E-state index contributed by atoms with van der Waals surface area (Å²) in [7, 11) is 0. The zero-order chi connectivity index (χ0) is 17.6. The second kappa shape index (κ2) is 7.31. The molecular formula is C18H15N5O2. The minimum Gasteiger partial charge on any atom is -0.261 e. The van der Waals surface area contributed by atoms with Gasteiger partial charge in [-0.15, -0.1) is 0 Å². The van der Waals surface area contributed by atoms with Crippen LogP contribution in [0.15, 0.2) is 65.8 Å². The van der Waals surface area contributed by atoms with Crippen LogP contribution < -0.4 is 5.43 Å². The summed E-state index contributed by atoms with van der Waals surface area (Å²) >= 11 is 0. The first-order chi connectivity index (χ1) is 12.1. The van der Waals surface area contributed by atoms with Crippen molar-refractivity contribution in [3.8, 4) is 11.3 Å². The van der Waals surface area contributed by atoms with Gasteiger partial charge in [0.15, 0.2) is 0 Å². The molecular weight excluding hydrogens is 318 g/mol. The molecule has 1 aromatic heterocycles. The normalized spacial score (nSPS) is 10.8. The summed E-state index contributed by atoms with van der Waals surface area (Å²) in [4.78, 5) is 19.3. The Bertz CT molecular complexity index is 926. The van der Waals surface area contributed by atoms with E-state index < -0.39 is 4.92 Å². The van der Waals surface area contributed by atoms with E-state index in [-0.39, 0.29) is 5.69 Å². The number of rotatable bonds is 5. The zero-order valence-electron chi connectivity index (χ0n) is 13.5. The molecule has 0 aliphatic rings. The Hall–Kier alpha value is -3.61. The number of nitrogens with one attached hydrogen (secondary N) is 1. The van der Waals surface area contributed by atoms with E-state index in [0.29, 0.717) is 17.2 Å². The molecule has 0 aliphatic carbocycles. The third kappa shape index (κ3) is 4.03. The highest BCUT2D eigenvalue weighted by atomic mass is 16.6. The molecule has 0 atom stereocenters. The van der Waals surface area contributed by atoms with Gasteiger partial charge in [0.2, 0.25) is 0 Å². The van der Waals surface area contributed by atoms with Gasteiger partial charge in [-0.25, -0.2) is 9.97 Å². The van der Waals surface area contributed by atoms with Crippen LogP contribution in [0.3, 0.4) is 0 Å². The molecule has 3 rings (SSSR count). The number of nitrogens with zero attached hydrogens (tertiary/aromatic N) is 4. The predicted molar refractivity (Wildman–Crippen MR) is 96.5 cm³/mol. The minimum absolute atomic E-state index is 0.00288. The lowest BCUT2D eigenvalue weighted by molar-refractivity contribution is -0.385. The Morgan fingerprint density at radius 3 is 2.56 bits per heavy atom. The van der Waals surface area contributed by atoms with Crippen LogP contribution in [-0.2, 0) is 0 Å². The number of hydrazone groups is 1. The van der Waals surface area contributed by atoms with Gasteiger partial charge in [0, 0.05) is 17.7 Å². The third-order valence-electron chi connectivity index (χ3n) is 3.42. The fourth-order valence-electron chi connectivity index (χ4n) is 2.31. The van der Waals surface area contributed by atoms with Crippen molar-refractivity contribution in [1.29, 1.82) is 0 Å². The first-order valence-corrected chi connectivity index (χ1v) is 7.57. The Labute approximate surface area is 144 Å². The molecule has 0 saturated heterocycles. The number of nitro benzene ring substituents is 1. The molecule has 124 valence electrons. The van der Waals surface area contributed by atoms with Crippen molar-refractivity contribution in [3.05, 3.63) is 82.2 Å². The smallest absolute Gasteiger partial charge is 0.261 e. The summed E-state index contributed by atoms with van der Waals surface area (Å²) in [6, 6.07) is 17.9. The lowest BCUT2D eigenvalue weighted by Crippen LogP contribution is -2.00. The highest BCUT2D eigenvalue weighted by molar-refractivity contribution is 5.85. The second-order valence-corrected chi connectivity index (χ2v) is 5.24. The Balaban J connectivity index is 1.82. The maximum absolute atomic E-state index is 11.0. The lowest BCUT2D eigenvalue weighted by atomic mass is 10.1. The van der Waals surface area contributed by atoms with E-state index >= 15 is 0 Å². The number of para-hydroxylation sites is 1. The average molecular weight is 333 g/mol. The molecule has 25 heavy (non-hydrogen) atoms. The van der Waals surface area contributed by atoms with Gasteiger partial charge in [-0.05, 0) is 13.0 Å². The molecule has 0 saturated carbocycles. The summed E-state index contributed by atoms with van der Waals surface area (Å²) in [5.74, 6) is 1.12. The number of aromatic nitrogens is 2. The Kier molecular flexibility index (Phi) is 4.75. The standard InChI is InChI=1S/C18H15N5O2/c1-13-20-16(14-7-3-2-4-8-14)11-18(21-13)22-19-12-15-9-5-6-10-17(15)23(24)25/h2-12H,1H3,(H,20,21,22). The van der Waals surface area contributed by atoms with Gasteiger partial charge in [-0.3, -0.25) is 15.5 Å². The van der Waals surface area contributed by atoms with Gasteiger partial charge in [-0.1, -0.05) is 42.5 Å². The van der Waals surface area contributed by atoms with E-state index in [1.165, 1.54) is 12.3 Å². The van der Waals surface area contributed by atoms with Crippen LogP contribution in [0.5, 0.6) is 0 Å². The maximum atomic E-state index is 11.0. The van der Waals surface area contributed by atoms with Gasteiger partial charge in [-0.2, -0.15) is 5.10 Å². The molecule has 1 heterocycles. The van der Waals surface area contributed by atoms with Crippen molar-refractivity contribution in [2.75, 3.05) is 5.43 Å². The van der Waals surface area contributed by atoms with E-state index in [9.17, 15) is 10.1 Å². The number of hydrogen-bond donors (Lipinski definition) is 1. The van der Waals surface area contributed by atoms with E-state index in [0.717, 1.165) is 11.3 Å². The minimum atomic E-state index is -0.441. The van der Waals surface area contributed by atoms with E-state index in [2.05, 4.69) is 20.5 Å². The molecule has 0 amide bonds. The topological polar surface area (TPSA) is 93.3 Å². The van der Waals surface area contributed by atoms with Gasteiger partial charge < -0.3 is 0 Å². The van der Waals surface area contributed by atoms with Gasteiger partial charge >= 0.3 is 0 Å². The van der Waals surface area contributed by atoms with Crippen LogP contribution in [0.2, 0.25) is 0 Å². The molecule has 3 aromatic rings. The van der Waals surface area contributed by atoms with Gasteiger partial charge in [0.25, 0.3) is 5.69 Å². The van der Waals surface area contributed by atoms with Crippen molar-refractivity contribution in [2.24, 2.45) is 5.10 Å². The van der Waals surface area contributed by atoms with E-state index in [1.807, 2.05) is 30.3 Å². The van der Waals surface area contributed by atoms with E-state index in [1.54, 1.807) is 31.2 Å². The van der Waals surface area contributed by atoms with E-state index in [4.69, 9.17) is 0 Å². The number of benzene rings is 2. The largest absolute Gasteiger partial charge is 0.278 e. The highest BCUT2D eigenvalue weighted by Crippen LogP contribution is 2.20. The first-order valence-electron chi connectivity index (χ1n) is 7.57. The van der Waals surface area contributed by atoms with Crippen LogP contribution in [0, 0.1) is 17.0 Å². The first kappa shape index (κ1) is 16.3. The molecule has 7 heteroatoms. The fourth-order valence-corrected chi connectivity index (χ4v) is 2.31. The van der Waals surface area contributed by atoms with Crippen LogP contribution in [0.1, 0.15) is 11.4 Å². The fraction of sp³-hybridized carbons (Fsp3) is 0.0556. The molecule has 0 aliphatic heterocycles. The lowest BCUT2D eigenvalue weighted by Gasteiger charge is -2.05. The molecule has 2 aromatic carbocycles. The Morgan fingerprint density at radius 2 is 1.80 bits per heavy atom. The van der Waals surface area contributed by atoms with Crippen molar-refractivity contribution < 1.29 is 4.92 Å². The number of hydrogen-bond acceptors (Lipinski definition) is 6. The summed E-state index contributed by atoms with van der Waals surface area (Å²) in [6.45, 7) is 1.80. The van der Waals surface area contributed by atoms with Crippen LogP contribution in [0.4, 0.5) is 11.5 Å². The summed E-state index contributed by atoms with van der Waals surface area (Å²) < 4.78 is 0. The van der Waals surface area contributed by atoms with Crippen LogP contribution in [0.25, 0.3) is 11.3 Å². The molecule has 0 radical (unpaired) electrons. The highest BCUT2D eigenvalue weighted by Gasteiger charge is 2.10. The SMILES string of the molecule is Cc1nc(NN=Cc2ccccc2[N+](=O)[O-])cc(-c2ccccc2)n1. The summed E-state index contributed by atoms with van der Waals surface area (Å²) in [5.41, 5.74) is 4.96. The average Bonchev–Trinajstić information content (AvgIpc) is 2.62. The molecule has 0 spiro atoms. The Morgan fingerprint density at radius 1 is 1.08 bits per heavy atom. The number of nitro groups is 1. The summed E-state index contributed by atoms with van der Waals surface area (Å²) in [6.07, 6.45) is 1.40.